The molecule has 0 saturated heterocycles. The molecular formula is C22H34N4O2. The molecule has 28 heavy (non-hydrogen) atoms. The zero-order valence-electron chi connectivity index (χ0n) is 17.2. The number of carbonyl (C=O) groups excluding carboxylic acids is 1. The maximum Gasteiger partial charge on any atom is 0.223 e. The van der Waals surface area contributed by atoms with Crippen LogP contribution in [0.15, 0.2) is 23.2 Å². The molecule has 154 valence electrons. The number of guanidine groups is 1. The van der Waals surface area contributed by atoms with E-state index < -0.39 is 0 Å². The lowest BCUT2D eigenvalue weighted by molar-refractivity contribution is -0.122. The molecule has 2 aliphatic carbocycles. The van der Waals surface area contributed by atoms with Gasteiger partial charge in [0, 0.05) is 31.1 Å². The van der Waals surface area contributed by atoms with Crippen LogP contribution >= 0.6 is 0 Å². The van der Waals surface area contributed by atoms with Gasteiger partial charge in [-0.15, -0.1) is 0 Å². The zero-order chi connectivity index (χ0) is 19.8. The Labute approximate surface area is 168 Å². The van der Waals surface area contributed by atoms with E-state index in [4.69, 9.17) is 9.73 Å². The number of aryl methyl sites for hydroxylation is 1. The highest BCUT2D eigenvalue weighted by Gasteiger charge is 2.28. The van der Waals surface area contributed by atoms with E-state index in [-0.39, 0.29) is 11.8 Å². The van der Waals surface area contributed by atoms with Crippen molar-refractivity contribution in [3.63, 3.8) is 0 Å². The number of rotatable bonds is 9. The summed E-state index contributed by atoms with van der Waals surface area (Å²) in [6.45, 7) is 6.76. The van der Waals surface area contributed by atoms with Gasteiger partial charge in [-0.1, -0.05) is 12.1 Å². The van der Waals surface area contributed by atoms with E-state index in [1.165, 1.54) is 18.4 Å². The van der Waals surface area contributed by atoms with Gasteiger partial charge < -0.3 is 20.7 Å². The van der Waals surface area contributed by atoms with Crippen molar-refractivity contribution >= 4 is 11.9 Å². The normalized spacial score (nSPS) is 17.4. The Morgan fingerprint density at radius 1 is 1.11 bits per heavy atom. The molecule has 0 radical (unpaired) electrons. The number of aliphatic imine (C=N–C) groups is 1. The number of nitrogens with one attached hydrogen (secondary N) is 3. The van der Waals surface area contributed by atoms with Gasteiger partial charge in [-0.3, -0.25) is 4.79 Å². The highest BCUT2D eigenvalue weighted by Crippen LogP contribution is 2.29. The van der Waals surface area contributed by atoms with Crippen LogP contribution < -0.4 is 20.7 Å². The van der Waals surface area contributed by atoms with Gasteiger partial charge in [0.05, 0.1) is 12.6 Å². The molecule has 1 aromatic carbocycles. The van der Waals surface area contributed by atoms with Crippen molar-refractivity contribution in [1.29, 1.82) is 0 Å². The quantitative estimate of drug-likeness (QED) is 0.347. The Morgan fingerprint density at radius 2 is 1.86 bits per heavy atom. The number of carbonyl (C=O) groups is 1. The van der Waals surface area contributed by atoms with Crippen LogP contribution in [0, 0.1) is 12.8 Å². The molecular weight excluding hydrogens is 352 g/mol. The lowest BCUT2D eigenvalue weighted by Crippen LogP contribution is -2.41. The fraction of sp³-hybridized carbons (Fsp3) is 0.636. The summed E-state index contributed by atoms with van der Waals surface area (Å²) in [7, 11) is 0. The lowest BCUT2D eigenvalue weighted by Gasteiger charge is -2.17. The highest BCUT2D eigenvalue weighted by atomic mass is 16.5. The Morgan fingerprint density at radius 3 is 2.57 bits per heavy atom. The molecule has 6 heteroatoms. The van der Waals surface area contributed by atoms with Gasteiger partial charge >= 0.3 is 0 Å². The molecule has 0 aliphatic heterocycles. The maximum absolute atomic E-state index is 11.7. The molecule has 0 unspecified atom stereocenters. The number of nitrogens with zero attached hydrogens (tertiary/aromatic N) is 1. The molecule has 2 aliphatic rings. The molecule has 0 bridgehead atoms. The number of hydrogen-bond donors (Lipinski definition) is 3. The van der Waals surface area contributed by atoms with Crippen molar-refractivity contribution < 1.29 is 9.53 Å². The van der Waals surface area contributed by atoms with Crippen LogP contribution in [0.1, 0.15) is 56.6 Å². The van der Waals surface area contributed by atoms with Crippen molar-refractivity contribution in [3.8, 4) is 5.75 Å². The molecule has 0 heterocycles. The summed E-state index contributed by atoms with van der Waals surface area (Å²) in [5, 5.41) is 9.53. The summed E-state index contributed by atoms with van der Waals surface area (Å²) in [5.41, 5.74) is 2.31. The smallest absolute Gasteiger partial charge is 0.223 e. The number of amides is 1. The molecule has 0 spiro atoms. The second-order valence-corrected chi connectivity index (χ2v) is 7.82. The first kappa shape index (κ1) is 20.5. The van der Waals surface area contributed by atoms with Crippen LogP contribution in [0.4, 0.5) is 0 Å². The zero-order valence-corrected chi connectivity index (χ0v) is 17.2. The minimum atomic E-state index is 0.178. The van der Waals surface area contributed by atoms with Crippen LogP contribution in [-0.2, 0) is 11.3 Å². The van der Waals surface area contributed by atoms with E-state index in [2.05, 4.69) is 41.1 Å². The SMILES string of the molecule is CCNC(=NCc1ccc(C)cc1OC1CCCC1)NCCNC(=O)C1CC1. The summed E-state index contributed by atoms with van der Waals surface area (Å²) >= 11 is 0. The van der Waals surface area contributed by atoms with Gasteiger partial charge in [0.2, 0.25) is 5.91 Å². The molecule has 2 fully saturated rings. The van der Waals surface area contributed by atoms with Gasteiger partial charge in [-0.25, -0.2) is 4.99 Å². The monoisotopic (exact) mass is 386 g/mol. The summed E-state index contributed by atoms with van der Waals surface area (Å²) in [6, 6.07) is 6.35. The average molecular weight is 387 g/mol. The maximum atomic E-state index is 11.7. The van der Waals surface area contributed by atoms with E-state index >= 15 is 0 Å². The van der Waals surface area contributed by atoms with Crippen molar-refractivity contribution in [3.05, 3.63) is 29.3 Å². The molecule has 2 saturated carbocycles. The highest BCUT2D eigenvalue weighted by molar-refractivity contribution is 5.81. The Balaban J connectivity index is 1.54. The van der Waals surface area contributed by atoms with Gasteiger partial charge in [-0.05, 0) is 64.0 Å². The standard InChI is InChI=1S/C22H34N4O2/c1-3-23-22(25-13-12-24-21(27)17-10-11-17)26-15-18-9-8-16(2)14-20(18)28-19-6-4-5-7-19/h8-9,14,17,19H,3-7,10-13,15H2,1-2H3,(H,24,27)(H2,23,25,26). The lowest BCUT2D eigenvalue weighted by atomic mass is 10.1. The van der Waals surface area contributed by atoms with Gasteiger partial charge in [-0.2, -0.15) is 0 Å². The van der Waals surface area contributed by atoms with Crippen LogP contribution in [0.5, 0.6) is 5.75 Å². The summed E-state index contributed by atoms with van der Waals surface area (Å²) in [4.78, 5) is 16.4. The topological polar surface area (TPSA) is 74.8 Å². The third-order valence-electron chi connectivity index (χ3n) is 5.24. The fourth-order valence-electron chi connectivity index (χ4n) is 3.45. The van der Waals surface area contributed by atoms with Crippen molar-refractivity contribution in [1.82, 2.24) is 16.0 Å². The number of hydrogen-bond acceptors (Lipinski definition) is 3. The van der Waals surface area contributed by atoms with Gasteiger partial charge in [0.25, 0.3) is 0 Å². The Bertz CT molecular complexity index is 679. The molecule has 3 rings (SSSR count). The van der Waals surface area contributed by atoms with Gasteiger partial charge in [0.15, 0.2) is 5.96 Å². The first-order valence-corrected chi connectivity index (χ1v) is 10.7. The Kier molecular flexibility index (Phi) is 7.57. The summed E-state index contributed by atoms with van der Waals surface area (Å²) in [6.07, 6.45) is 7.22. The minimum absolute atomic E-state index is 0.178. The van der Waals surface area contributed by atoms with Crippen molar-refractivity contribution in [2.45, 2.75) is 65.0 Å². The largest absolute Gasteiger partial charge is 0.490 e. The minimum Gasteiger partial charge on any atom is -0.490 e. The molecule has 1 amide bonds. The molecule has 1 aromatic rings. The van der Waals surface area contributed by atoms with Crippen LogP contribution in [0.25, 0.3) is 0 Å². The Hall–Kier alpha value is -2.24. The second-order valence-electron chi connectivity index (χ2n) is 7.82. The van der Waals surface area contributed by atoms with Gasteiger partial charge in [0.1, 0.15) is 5.75 Å². The van der Waals surface area contributed by atoms with E-state index in [1.807, 2.05) is 6.92 Å². The first-order chi connectivity index (χ1) is 13.7. The third-order valence-corrected chi connectivity index (χ3v) is 5.24. The third kappa shape index (κ3) is 6.43. The molecule has 6 nitrogen and oxygen atoms in total. The van der Waals surface area contributed by atoms with Crippen LogP contribution in [0.3, 0.4) is 0 Å². The van der Waals surface area contributed by atoms with Crippen LogP contribution in [0.2, 0.25) is 0 Å². The van der Waals surface area contributed by atoms with E-state index in [9.17, 15) is 4.79 Å². The summed E-state index contributed by atoms with van der Waals surface area (Å²) < 4.78 is 6.28. The van der Waals surface area contributed by atoms with Crippen molar-refractivity contribution in [2.24, 2.45) is 10.9 Å². The first-order valence-electron chi connectivity index (χ1n) is 10.7. The summed E-state index contributed by atoms with van der Waals surface area (Å²) in [5.74, 6) is 2.15. The average Bonchev–Trinajstić information content (AvgIpc) is 3.42. The van der Waals surface area contributed by atoms with E-state index in [1.54, 1.807) is 0 Å². The predicted molar refractivity (Wildman–Crippen MR) is 113 cm³/mol. The van der Waals surface area contributed by atoms with Crippen molar-refractivity contribution in [2.75, 3.05) is 19.6 Å². The number of ether oxygens (including phenoxy) is 1. The molecule has 0 aromatic heterocycles. The molecule has 0 atom stereocenters. The van der Waals surface area contributed by atoms with E-state index in [0.717, 1.165) is 49.5 Å². The van der Waals surface area contributed by atoms with E-state index in [0.29, 0.717) is 25.7 Å². The second kappa shape index (κ2) is 10.3. The predicted octanol–water partition coefficient (Wildman–Crippen LogP) is 2.90. The molecule has 3 N–H and O–H groups in total. The number of benzene rings is 1. The fourth-order valence-corrected chi connectivity index (χ4v) is 3.45. The van der Waals surface area contributed by atoms with Crippen LogP contribution in [-0.4, -0.2) is 37.6 Å².